The second kappa shape index (κ2) is 6.62. The molecule has 6 heteroatoms. The summed E-state index contributed by atoms with van der Waals surface area (Å²) in [7, 11) is 3.10. The highest BCUT2D eigenvalue weighted by Crippen LogP contribution is 2.23. The minimum Gasteiger partial charge on any atom is -0.496 e. The van der Waals surface area contributed by atoms with Crippen LogP contribution in [0.25, 0.3) is 0 Å². The summed E-state index contributed by atoms with van der Waals surface area (Å²) in [4.78, 5) is 24.9. The number of rotatable bonds is 4. The third kappa shape index (κ3) is 3.35. The van der Waals surface area contributed by atoms with Gasteiger partial charge in [-0.2, -0.15) is 0 Å². The molecule has 0 saturated carbocycles. The van der Waals surface area contributed by atoms with Crippen LogP contribution in [0.1, 0.15) is 10.4 Å². The molecule has 0 aromatic heterocycles. The van der Waals surface area contributed by atoms with Gasteiger partial charge in [0.1, 0.15) is 5.75 Å². The summed E-state index contributed by atoms with van der Waals surface area (Å²) < 4.78 is 5.11. The Morgan fingerprint density at radius 2 is 1.82 bits per heavy atom. The number of nitrogens with one attached hydrogen (secondary N) is 1. The van der Waals surface area contributed by atoms with Crippen molar-refractivity contribution < 1.29 is 14.3 Å². The van der Waals surface area contributed by atoms with Gasteiger partial charge in [0.15, 0.2) is 0 Å². The minimum atomic E-state index is -0.587. The van der Waals surface area contributed by atoms with Crippen LogP contribution in [0.5, 0.6) is 5.75 Å². The van der Waals surface area contributed by atoms with Crippen molar-refractivity contribution >= 4 is 23.3 Å². The molecule has 0 atom stereocenters. The zero-order chi connectivity index (χ0) is 16.1. The van der Waals surface area contributed by atoms with Gasteiger partial charge in [0, 0.05) is 24.5 Å². The Balaban J connectivity index is 2.17. The van der Waals surface area contributed by atoms with Gasteiger partial charge in [0.25, 0.3) is 5.91 Å². The molecule has 0 heterocycles. The average Bonchev–Trinajstić information content (AvgIpc) is 2.54. The fourth-order valence-corrected chi connectivity index (χ4v) is 1.95. The molecule has 3 amide bonds. The zero-order valence-electron chi connectivity index (χ0n) is 12.4. The molecule has 3 N–H and O–H groups in total. The summed E-state index contributed by atoms with van der Waals surface area (Å²) in [6.45, 7) is 0. The molecule has 0 radical (unpaired) electrons. The molecular formula is C16H17N3O3. The van der Waals surface area contributed by atoms with Crippen LogP contribution < -0.4 is 20.7 Å². The number of nitrogens with zero attached hydrogens (tertiary/aromatic N) is 1. The van der Waals surface area contributed by atoms with E-state index in [2.05, 4.69) is 5.32 Å². The Bertz CT molecular complexity index is 686. The molecule has 2 aromatic rings. The maximum absolute atomic E-state index is 12.2. The molecule has 114 valence electrons. The topological polar surface area (TPSA) is 84.7 Å². The van der Waals surface area contributed by atoms with Gasteiger partial charge in [0.05, 0.1) is 12.7 Å². The van der Waals surface area contributed by atoms with Gasteiger partial charge in [-0.15, -0.1) is 0 Å². The second-order valence-electron chi connectivity index (χ2n) is 4.60. The first-order chi connectivity index (χ1) is 10.5. The van der Waals surface area contributed by atoms with Crippen molar-refractivity contribution in [1.29, 1.82) is 0 Å². The Hall–Kier alpha value is -3.02. The van der Waals surface area contributed by atoms with Crippen LogP contribution in [0.15, 0.2) is 48.5 Å². The van der Waals surface area contributed by atoms with E-state index in [9.17, 15) is 9.59 Å². The number of methoxy groups -OCH3 is 1. The number of benzene rings is 2. The maximum atomic E-state index is 12.2. The summed E-state index contributed by atoms with van der Waals surface area (Å²) in [6, 6.07) is 13.6. The van der Waals surface area contributed by atoms with Crippen LogP contribution in [-0.2, 0) is 0 Å². The van der Waals surface area contributed by atoms with Gasteiger partial charge in [0.2, 0.25) is 0 Å². The minimum absolute atomic E-state index is 0.261. The van der Waals surface area contributed by atoms with Gasteiger partial charge >= 0.3 is 6.03 Å². The van der Waals surface area contributed by atoms with Gasteiger partial charge in [-0.05, 0) is 24.3 Å². The third-order valence-electron chi connectivity index (χ3n) is 3.17. The summed E-state index contributed by atoms with van der Waals surface area (Å²) in [5.74, 6) is -0.274. The Labute approximate surface area is 128 Å². The molecule has 0 bridgehead atoms. The molecule has 0 saturated heterocycles. The number of carbonyl (C=O) groups is 2. The largest absolute Gasteiger partial charge is 0.496 e. The predicted molar refractivity (Wildman–Crippen MR) is 85.4 cm³/mol. The maximum Gasteiger partial charge on any atom is 0.326 e. The van der Waals surface area contributed by atoms with Crippen molar-refractivity contribution in [2.45, 2.75) is 0 Å². The van der Waals surface area contributed by atoms with Gasteiger partial charge in [-0.1, -0.05) is 18.2 Å². The molecule has 0 aliphatic carbocycles. The van der Waals surface area contributed by atoms with E-state index in [1.165, 1.54) is 18.1 Å². The number of nitrogens with two attached hydrogens (primary N) is 1. The summed E-state index contributed by atoms with van der Waals surface area (Å²) in [6.07, 6.45) is 0. The van der Waals surface area contributed by atoms with E-state index in [0.29, 0.717) is 11.4 Å². The van der Waals surface area contributed by atoms with E-state index >= 15 is 0 Å². The highest BCUT2D eigenvalue weighted by Gasteiger charge is 2.13. The Morgan fingerprint density at radius 3 is 2.41 bits per heavy atom. The van der Waals surface area contributed by atoms with Crippen molar-refractivity contribution in [3.05, 3.63) is 54.1 Å². The molecule has 22 heavy (non-hydrogen) atoms. The lowest BCUT2D eigenvalue weighted by molar-refractivity contribution is 0.0997. The number of carbonyl (C=O) groups excluding carboxylic acids is 2. The number of para-hydroxylation sites is 1. The molecule has 6 nitrogen and oxygen atoms in total. The third-order valence-corrected chi connectivity index (χ3v) is 3.17. The monoisotopic (exact) mass is 299 g/mol. The predicted octanol–water partition coefficient (Wildman–Crippen LogP) is 2.46. The van der Waals surface area contributed by atoms with Crippen molar-refractivity contribution in [1.82, 2.24) is 0 Å². The molecule has 0 fully saturated rings. The van der Waals surface area contributed by atoms with Gasteiger partial charge in [-0.3, -0.25) is 9.69 Å². The lowest BCUT2D eigenvalue weighted by atomic mass is 10.1. The van der Waals surface area contributed by atoms with Crippen LogP contribution in [0.3, 0.4) is 0 Å². The molecule has 2 aromatic carbocycles. The smallest absolute Gasteiger partial charge is 0.326 e. The van der Waals surface area contributed by atoms with E-state index < -0.39 is 5.91 Å². The van der Waals surface area contributed by atoms with Crippen molar-refractivity contribution in [3.63, 3.8) is 0 Å². The molecular weight excluding hydrogens is 282 g/mol. The molecule has 0 aliphatic rings. The van der Waals surface area contributed by atoms with E-state index in [1.807, 2.05) is 30.3 Å². The van der Waals surface area contributed by atoms with E-state index in [1.54, 1.807) is 19.2 Å². The standard InChI is InChI=1S/C16H17N3O3/c1-19(12-6-4-3-5-7-12)16(21)18-11-8-9-13(15(17)20)14(10-11)22-2/h3-10H,1-2H3,(H2,17,20)(H,18,21). The molecule has 0 spiro atoms. The fourth-order valence-electron chi connectivity index (χ4n) is 1.95. The lowest BCUT2D eigenvalue weighted by Gasteiger charge is -2.18. The second-order valence-corrected chi connectivity index (χ2v) is 4.60. The quantitative estimate of drug-likeness (QED) is 0.909. The summed E-state index contributed by atoms with van der Waals surface area (Å²) in [5, 5.41) is 2.74. The van der Waals surface area contributed by atoms with Crippen molar-refractivity contribution in [3.8, 4) is 5.75 Å². The van der Waals surface area contributed by atoms with E-state index in [0.717, 1.165) is 5.69 Å². The number of hydrogen-bond acceptors (Lipinski definition) is 3. The first-order valence-electron chi connectivity index (χ1n) is 6.60. The van der Waals surface area contributed by atoms with E-state index in [-0.39, 0.29) is 11.6 Å². The highest BCUT2D eigenvalue weighted by molar-refractivity contribution is 6.02. The number of primary amides is 1. The van der Waals surface area contributed by atoms with Gasteiger partial charge in [-0.25, -0.2) is 4.79 Å². The van der Waals surface area contributed by atoms with Crippen LogP contribution in [0.2, 0.25) is 0 Å². The van der Waals surface area contributed by atoms with Crippen LogP contribution >= 0.6 is 0 Å². The Morgan fingerprint density at radius 1 is 1.14 bits per heavy atom. The molecule has 0 aliphatic heterocycles. The normalized spacial score (nSPS) is 9.91. The summed E-state index contributed by atoms with van der Waals surface area (Å²) in [5.41, 5.74) is 6.79. The number of hydrogen-bond donors (Lipinski definition) is 2. The molecule has 2 rings (SSSR count). The number of ether oxygens (including phenoxy) is 1. The van der Waals surface area contributed by atoms with Crippen LogP contribution in [-0.4, -0.2) is 26.1 Å². The van der Waals surface area contributed by atoms with Gasteiger partial charge < -0.3 is 15.8 Å². The highest BCUT2D eigenvalue weighted by atomic mass is 16.5. The van der Waals surface area contributed by atoms with Crippen LogP contribution in [0.4, 0.5) is 16.2 Å². The number of amides is 3. The molecule has 0 unspecified atom stereocenters. The average molecular weight is 299 g/mol. The van der Waals surface area contributed by atoms with E-state index in [4.69, 9.17) is 10.5 Å². The summed E-state index contributed by atoms with van der Waals surface area (Å²) >= 11 is 0. The Kier molecular flexibility index (Phi) is 4.63. The zero-order valence-corrected chi connectivity index (χ0v) is 12.4. The first-order valence-corrected chi connectivity index (χ1v) is 6.60. The first kappa shape index (κ1) is 15.4. The van der Waals surface area contributed by atoms with Crippen molar-refractivity contribution in [2.75, 3.05) is 24.4 Å². The lowest BCUT2D eigenvalue weighted by Crippen LogP contribution is -2.31. The van der Waals surface area contributed by atoms with Crippen molar-refractivity contribution in [2.24, 2.45) is 5.73 Å². The number of urea groups is 1. The van der Waals surface area contributed by atoms with Crippen LogP contribution in [0, 0.1) is 0 Å². The number of anilines is 2. The fraction of sp³-hybridized carbons (Fsp3) is 0.125. The SMILES string of the molecule is COc1cc(NC(=O)N(C)c2ccccc2)ccc1C(N)=O.